The topological polar surface area (TPSA) is 75.7 Å². The molecule has 2 aromatic rings. The van der Waals surface area contributed by atoms with Crippen molar-refractivity contribution in [2.45, 2.75) is 38.3 Å². The average Bonchev–Trinajstić information content (AvgIpc) is 2.71. The highest BCUT2D eigenvalue weighted by Gasteiger charge is 2.34. The molecule has 0 unspecified atom stereocenters. The van der Waals surface area contributed by atoms with Gasteiger partial charge in [0.05, 0.1) is 18.4 Å². The second-order valence-electron chi connectivity index (χ2n) is 7.75. The number of nitrogens with zero attached hydrogens (tertiary/aromatic N) is 1. The van der Waals surface area contributed by atoms with E-state index in [9.17, 15) is 26.4 Å². The summed E-state index contributed by atoms with van der Waals surface area (Å²) in [6.07, 6.45) is -4.00. The molecule has 0 aliphatic carbocycles. The highest BCUT2D eigenvalue weighted by Crippen LogP contribution is 2.35. The van der Waals surface area contributed by atoms with Gasteiger partial charge in [0.1, 0.15) is 17.2 Å². The van der Waals surface area contributed by atoms with Crippen LogP contribution in [0.4, 0.5) is 18.9 Å². The molecule has 0 saturated carbocycles. The van der Waals surface area contributed by atoms with Gasteiger partial charge in [-0.1, -0.05) is 26.0 Å². The Hall–Kier alpha value is -2.75. The summed E-state index contributed by atoms with van der Waals surface area (Å²) >= 11 is 0. The van der Waals surface area contributed by atoms with E-state index in [0.717, 1.165) is 12.1 Å². The number of methoxy groups -OCH3 is 1. The largest absolute Gasteiger partial charge is 0.495 e. The molecule has 0 aromatic heterocycles. The van der Waals surface area contributed by atoms with E-state index in [1.807, 2.05) is 13.8 Å². The zero-order chi connectivity index (χ0) is 24.1. The molecule has 0 bridgehead atoms. The number of carbonyl (C=O) groups excluding carboxylic acids is 1. The molecule has 2 rings (SSSR count). The molecule has 0 saturated heterocycles. The number of benzene rings is 2. The summed E-state index contributed by atoms with van der Waals surface area (Å²) in [6, 6.07) is 8.32. The van der Waals surface area contributed by atoms with E-state index in [4.69, 9.17) is 4.74 Å². The third kappa shape index (κ3) is 6.38. The molecule has 0 aliphatic rings. The lowest BCUT2D eigenvalue weighted by Gasteiger charge is -2.26. The van der Waals surface area contributed by atoms with Gasteiger partial charge in [-0.3, -0.25) is 9.10 Å². The fourth-order valence-electron chi connectivity index (χ4n) is 2.94. The van der Waals surface area contributed by atoms with Crippen molar-refractivity contribution in [3.05, 3.63) is 53.6 Å². The summed E-state index contributed by atoms with van der Waals surface area (Å²) in [4.78, 5) is 12.3. The summed E-state index contributed by atoms with van der Waals surface area (Å²) in [5, 5.41) is 2.62. The Morgan fingerprint density at radius 2 is 1.84 bits per heavy atom. The Kier molecular flexibility index (Phi) is 8.17. The summed E-state index contributed by atoms with van der Waals surface area (Å²) in [5.41, 5.74) is -0.691. The van der Waals surface area contributed by atoms with Gasteiger partial charge in [0.15, 0.2) is 0 Å². The lowest BCUT2D eigenvalue weighted by atomic mass is 10.1. The van der Waals surface area contributed by atoms with Gasteiger partial charge in [0.2, 0.25) is 5.91 Å². The van der Waals surface area contributed by atoms with E-state index >= 15 is 0 Å². The van der Waals surface area contributed by atoms with Crippen molar-refractivity contribution < 1.29 is 31.1 Å². The minimum absolute atomic E-state index is 0.0211. The molecular formula is C22H27F3N2O4S. The number of aryl methyl sites for hydroxylation is 1. The van der Waals surface area contributed by atoms with E-state index in [1.165, 1.54) is 25.3 Å². The van der Waals surface area contributed by atoms with Crippen LogP contribution in [-0.4, -0.2) is 34.5 Å². The number of anilines is 1. The van der Waals surface area contributed by atoms with Gasteiger partial charge in [-0.15, -0.1) is 0 Å². The van der Waals surface area contributed by atoms with Crippen LogP contribution in [0.5, 0.6) is 5.75 Å². The molecule has 6 nitrogen and oxygen atoms in total. The Balaban J connectivity index is 2.54. The maximum atomic E-state index is 13.5. The number of halogens is 3. The number of hydrogen-bond acceptors (Lipinski definition) is 4. The third-order valence-electron chi connectivity index (χ3n) is 4.68. The van der Waals surface area contributed by atoms with Crippen LogP contribution in [0.1, 0.15) is 31.4 Å². The van der Waals surface area contributed by atoms with Crippen LogP contribution < -0.4 is 14.4 Å². The first kappa shape index (κ1) is 25.5. The van der Waals surface area contributed by atoms with Crippen LogP contribution >= 0.6 is 0 Å². The quantitative estimate of drug-likeness (QED) is 0.588. The third-order valence-corrected chi connectivity index (χ3v) is 6.47. The van der Waals surface area contributed by atoms with Gasteiger partial charge >= 0.3 is 6.18 Å². The van der Waals surface area contributed by atoms with Crippen molar-refractivity contribution in [3.63, 3.8) is 0 Å². The highest BCUT2D eigenvalue weighted by atomic mass is 32.2. The standard InChI is InChI=1S/C22H27F3N2O4S/c1-15(2)10-11-26-21(28)14-27(18-7-5-6-17(13-18)22(23,24)25)32(29,30)20-12-16(3)8-9-19(20)31-4/h5-9,12-13,15H,10-11,14H2,1-4H3,(H,26,28). The molecule has 0 fully saturated rings. The van der Waals surface area contributed by atoms with E-state index in [1.54, 1.807) is 13.0 Å². The number of alkyl halides is 3. The second kappa shape index (κ2) is 10.2. The van der Waals surface area contributed by atoms with Gasteiger partial charge in [-0.2, -0.15) is 13.2 Å². The molecule has 0 atom stereocenters. The number of amides is 1. The summed E-state index contributed by atoms with van der Waals surface area (Å²) in [5.74, 6) is -0.291. The molecule has 32 heavy (non-hydrogen) atoms. The molecular weight excluding hydrogens is 445 g/mol. The molecule has 0 aliphatic heterocycles. The van der Waals surface area contributed by atoms with Crippen LogP contribution in [0, 0.1) is 12.8 Å². The van der Waals surface area contributed by atoms with Crippen LogP contribution in [0.2, 0.25) is 0 Å². The lowest BCUT2D eigenvalue weighted by molar-refractivity contribution is -0.137. The van der Waals surface area contributed by atoms with Gasteiger partial charge in [-0.25, -0.2) is 8.42 Å². The van der Waals surface area contributed by atoms with Crippen molar-refractivity contribution in [2.24, 2.45) is 5.92 Å². The van der Waals surface area contributed by atoms with E-state index in [0.29, 0.717) is 34.8 Å². The average molecular weight is 473 g/mol. The summed E-state index contributed by atoms with van der Waals surface area (Å²) in [7, 11) is -3.15. The van der Waals surface area contributed by atoms with E-state index in [2.05, 4.69) is 5.32 Å². The summed E-state index contributed by atoms with van der Waals surface area (Å²) in [6.45, 7) is 5.25. The SMILES string of the molecule is COc1ccc(C)cc1S(=O)(=O)N(CC(=O)NCCC(C)C)c1cccc(C(F)(F)F)c1. The molecule has 1 N–H and O–H groups in total. The Morgan fingerprint density at radius 1 is 1.16 bits per heavy atom. The normalized spacial score (nSPS) is 12.0. The number of ether oxygens (including phenoxy) is 1. The molecule has 0 heterocycles. The Bertz CT molecular complexity index is 1050. The van der Waals surface area contributed by atoms with Crippen LogP contribution in [0.3, 0.4) is 0 Å². The number of nitrogens with one attached hydrogen (secondary N) is 1. The first-order valence-corrected chi connectivity index (χ1v) is 11.4. The lowest BCUT2D eigenvalue weighted by Crippen LogP contribution is -2.41. The number of hydrogen-bond donors (Lipinski definition) is 1. The first-order valence-electron chi connectivity index (χ1n) is 9.97. The second-order valence-corrected chi connectivity index (χ2v) is 9.58. The van der Waals surface area contributed by atoms with Crippen LogP contribution in [-0.2, 0) is 21.0 Å². The fourth-order valence-corrected chi connectivity index (χ4v) is 4.60. The predicted octanol–water partition coefficient (Wildman–Crippen LogP) is 4.38. The van der Waals surface area contributed by atoms with E-state index < -0.39 is 34.2 Å². The van der Waals surface area contributed by atoms with Gasteiger partial charge in [-0.05, 0) is 55.2 Å². The minimum atomic E-state index is -4.67. The van der Waals surface area contributed by atoms with Crippen LogP contribution in [0.15, 0.2) is 47.4 Å². The van der Waals surface area contributed by atoms with Crippen molar-refractivity contribution in [3.8, 4) is 5.75 Å². The van der Waals surface area contributed by atoms with Crippen molar-refractivity contribution >= 4 is 21.6 Å². The van der Waals surface area contributed by atoms with E-state index in [-0.39, 0.29) is 16.3 Å². The first-order chi connectivity index (χ1) is 14.9. The number of sulfonamides is 1. The molecule has 0 spiro atoms. The highest BCUT2D eigenvalue weighted by molar-refractivity contribution is 7.93. The maximum absolute atomic E-state index is 13.5. The monoisotopic (exact) mass is 472 g/mol. The number of carbonyl (C=O) groups is 1. The molecule has 0 radical (unpaired) electrons. The number of rotatable bonds is 9. The van der Waals surface area contributed by atoms with Crippen molar-refractivity contribution in [1.29, 1.82) is 0 Å². The molecule has 10 heteroatoms. The van der Waals surface area contributed by atoms with Gasteiger partial charge < -0.3 is 10.1 Å². The fraction of sp³-hybridized carbons (Fsp3) is 0.409. The predicted molar refractivity (Wildman–Crippen MR) is 116 cm³/mol. The zero-order valence-corrected chi connectivity index (χ0v) is 19.2. The smallest absolute Gasteiger partial charge is 0.416 e. The molecule has 1 amide bonds. The Morgan fingerprint density at radius 3 is 2.44 bits per heavy atom. The summed E-state index contributed by atoms with van der Waals surface area (Å²) < 4.78 is 72.7. The van der Waals surface area contributed by atoms with Gasteiger partial charge in [0, 0.05) is 6.54 Å². The van der Waals surface area contributed by atoms with Crippen molar-refractivity contribution in [2.75, 3.05) is 24.5 Å². The molecule has 176 valence electrons. The van der Waals surface area contributed by atoms with Gasteiger partial charge in [0.25, 0.3) is 10.0 Å². The van der Waals surface area contributed by atoms with Crippen molar-refractivity contribution in [1.82, 2.24) is 5.32 Å². The molecule has 2 aromatic carbocycles. The maximum Gasteiger partial charge on any atom is 0.416 e. The minimum Gasteiger partial charge on any atom is -0.495 e. The zero-order valence-electron chi connectivity index (χ0n) is 18.4. The Labute approximate surface area is 186 Å². The van der Waals surface area contributed by atoms with Crippen LogP contribution in [0.25, 0.3) is 0 Å².